The highest BCUT2D eigenvalue weighted by Crippen LogP contribution is 2.20. The van der Waals surface area contributed by atoms with Crippen LogP contribution >= 0.6 is 12.8 Å². The average molecular weight is 243 g/mol. The lowest BCUT2D eigenvalue weighted by molar-refractivity contribution is 0.823. The summed E-state index contributed by atoms with van der Waals surface area (Å²) >= 11 is 4.20. The van der Waals surface area contributed by atoms with E-state index in [-0.39, 0.29) is 0 Å². The van der Waals surface area contributed by atoms with Crippen molar-refractivity contribution in [2.75, 3.05) is 0 Å². The number of thiol groups is 1. The Morgan fingerprint density at radius 1 is 1.29 bits per heavy atom. The second-order valence-electron chi connectivity index (χ2n) is 3.50. The van der Waals surface area contributed by atoms with Crippen LogP contribution in [-0.2, 0) is 0 Å². The number of benzene rings is 1. The minimum atomic E-state index is 0.781. The number of aromatic nitrogens is 5. The SMILES string of the molecule is C=Cc1c(-n2nnc3ccccc32)cnn1S. The highest BCUT2D eigenvalue weighted by atomic mass is 32.1. The van der Waals surface area contributed by atoms with Gasteiger partial charge in [0.1, 0.15) is 11.2 Å². The Morgan fingerprint density at radius 2 is 2.12 bits per heavy atom. The molecule has 1 aromatic carbocycles. The Morgan fingerprint density at radius 3 is 2.94 bits per heavy atom. The van der Waals surface area contributed by atoms with E-state index in [2.05, 4.69) is 34.8 Å². The highest BCUT2D eigenvalue weighted by Gasteiger charge is 2.12. The van der Waals surface area contributed by atoms with Crippen molar-refractivity contribution < 1.29 is 0 Å². The lowest BCUT2D eigenvalue weighted by Gasteiger charge is -2.00. The maximum atomic E-state index is 4.20. The van der Waals surface area contributed by atoms with Crippen LogP contribution in [0.4, 0.5) is 0 Å². The molecular weight excluding hydrogens is 234 g/mol. The zero-order valence-corrected chi connectivity index (χ0v) is 9.75. The van der Waals surface area contributed by atoms with Gasteiger partial charge in [-0.05, 0) is 31.0 Å². The van der Waals surface area contributed by atoms with Gasteiger partial charge in [-0.15, -0.1) is 5.10 Å². The molecule has 0 saturated carbocycles. The van der Waals surface area contributed by atoms with Crippen LogP contribution in [-0.4, -0.2) is 24.2 Å². The van der Waals surface area contributed by atoms with Crippen LogP contribution < -0.4 is 0 Å². The predicted molar refractivity (Wildman–Crippen MR) is 69.1 cm³/mol. The number of rotatable bonds is 2. The van der Waals surface area contributed by atoms with Gasteiger partial charge in [-0.3, -0.25) is 0 Å². The molecule has 3 aromatic rings. The summed E-state index contributed by atoms with van der Waals surface area (Å²) < 4.78 is 3.19. The molecule has 0 bridgehead atoms. The second-order valence-corrected chi connectivity index (χ2v) is 3.88. The van der Waals surface area contributed by atoms with E-state index >= 15 is 0 Å². The van der Waals surface area contributed by atoms with Crippen LogP contribution in [0.5, 0.6) is 0 Å². The smallest absolute Gasteiger partial charge is 0.113 e. The molecule has 5 nitrogen and oxygen atoms in total. The van der Waals surface area contributed by atoms with E-state index in [1.807, 2.05) is 24.3 Å². The maximum Gasteiger partial charge on any atom is 0.113 e. The van der Waals surface area contributed by atoms with E-state index in [0.29, 0.717) is 0 Å². The van der Waals surface area contributed by atoms with Gasteiger partial charge < -0.3 is 0 Å². The topological polar surface area (TPSA) is 48.5 Å². The van der Waals surface area contributed by atoms with Crippen LogP contribution in [0.2, 0.25) is 0 Å². The molecular formula is C11H9N5S. The molecule has 2 aromatic heterocycles. The largest absolute Gasteiger partial charge is 0.209 e. The zero-order valence-electron chi connectivity index (χ0n) is 8.85. The van der Waals surface area contributed by atoms with Crippen LogP contribution in [0.15, 0.2) is 37.0 Å². The summed E-state index contributed by atoms with van der Waals surface area (Å²) in [7, 11) is 0. The van der Waals surface area contributed by atoms with Crippen molar-refractivity contribution >= 4 is 29.9 Å². The Labute approximate surface area is 103 Å². The van der Waals surface area contributed by atoms with Crippen molar-refractivity contribution in [3.8, 4) is 5.69 Å². The Balaban J connectivity index is 2.31. The third kappa shape index (κ3) is 1.45. The Bertz CT molecular complexity index is 697. The standard InChI is InChI=1S/C11H9N5S/c1-2-9-11(7-12-16(9)17)15-10-6-4-3-5-8(10)13-14-15/h2-7,17H,1H2. The van der Waals surface area contributed by atoms with E-state index in [9.17, 15) is 0 Å². The summed E-state index contributed by atoms with van der Waals surface area (Å²) in [6, 6.07) is 7.74. The van der Waals surface area contributed by atoms with Crippen LogP contribution in [0, 0.1) is 0 Å². The van der Waals surface area contributed by atoms with Gasteiger partial charge in [-0.1, -0.05) is 23.9 Å². The Hall–Kier alpha value is -2.08. The number of para-hydroxylation sites is 1. The number of fused-ring (bicyclic) bond motifs is 1. The fourth-order valence-electron chi connectivity index (χ4n) is 1.74. The fraction of sp³-hybridized carbons (Fsp3) is 0. The number of nitrogens with zero attached hydrogens (tertiary/aromatic N) is 5. The molecule has 0 atom stereocenters. The molecule has 3 rings (SSSR count). The van der Waals surface area contributed by atoms with Gasteiger partial charge in [0.25, 0.3) is 0 Å². The molecule has 0 fully saturated rings. The molecule has 0 spiro atoms. The first kappa shape index (κ1) is 10.1. The Kier molecular flexibility index (Phi) is 2.22. The van der Waals surface area contributed by atoms with E-state index in [1.54, 1.807) is 17.0 Å². The summed E-state index contributed by atoms with van der Waals surface area (Å²) in [6.45, 7) is 3.74. The summed E-state index contributed by atoms with van der Waals surface area (Å²) in [6.07, 6.45) is 3.37. The van der Waals surface area contributed by atoms with Crippen molar-refractivity contribution in [2.45, 2.75) is 0 Å². The monoisotopic (exact) mass is 243 g/mol. The average Bonchev–Trinajstić information content (AvgIpc) is 2.92. The van der Waals surface area contributed by atoms with Gasteiger partial charge in [0.2, 0.25) is 0 Å². The van der Waals surface area contributed by atoms with Crippen LogP contribution in [0.1, 0.15) is 5.69 Å². The van der Waals surface area contributed by atoms with E-state index in [1.165, 1.54) is 4.09 Å². The minimum absolute atomic E-state index is 0.781. The molecule has 0 amide bonds. The van der Waals surface area contributed by atoms with Crippen LogP contribution in [0.3, 0.4) is 0 Å². The van der Waals surface area contributed by atoms with E-state index < -0.39 is 0 Å². The first-order chi connectivity index (χ1) is 8.31. The molecule has 2 heterocycles. The van der Waals surface area contributed by atoms with Gasteiger partial charge in [0.05, 0.1) is 17.4 Å². The summed E-state index contributed by atoms with van der Waals surface area (Å²) in [4.78, 5) is 0. The zero-order chi connectivity index (χ0) is 11.8. The highest BCUT2D eigenvalue weighted by molar-refractivity contribution is 7.78. The molecule has 0 unspecified atom stereocenters. The van der Waals surface area contributed by atoms with Gasteiger partial charge in [-0.25, -0.2) is 8.77 Å². The normalized spacial score (nSPS) is 10.9. The van der Waals surface area contributed by atoms with Gasteiger partial charge in [0.15, 0.2) is 0 Å². The molecule has 0 saturated heterocycles. The summed E-state index contributed by atoms with van der Waals surface area (Å²) in [5, 5.41) is 12.3. The van der Waals surface area contributed by atoms with Crippen molar-refractivity contribution in [3.63, 3.8) is 0 Å². The lowest BCUT2D eigenvalue weighted by Crippen LogP contribution is -1.98. The van der Waals surface area contributed by atoms with Gasteiger partial charge in [-0.2, -0.15) is 5.10 Å². The maximum absolute atomic E-state index is 4.20. The second kappa shape index (κ2) is 3.74. The fourth-order valence-corrected chi connectivity index (χ4v) is 1.97. The molecule has 6 heteroatoms. The number of hydrogen-bond donors (Lipinski definition) is 1. The summed E-state index contributed by atoms with van der Waals surface area (Å²) in [5.41, 5.74) is 3.36. The third-order valence-electron chi connectivity index (χ3n) is 2.54. The quantitative estimate of drug-likeness (QED) is 0.700. The summed E-state index contributed by atoms with van der Waals surface area (Å²) in [5.74, 6) is 0. The van der Waals surface area contributed by atoms with E-state index in [4.69, 9.17) is 0 Å². The first-order valence-electron chi connectivity index (χ1n) is 5.02. The minimum Gasteiger partial charge on any atom is -0.209 e. The van der Waals surface area contributed by atoms with Crippen molar-refractivity contribution in [3.05, 3.63) is 42.7 Å². The lowest BCUT2D eigenvalue weighted by atomic mass is 10.3. The molecule has 0 N–H and O–H groups in total. The molecule has 0 aliphatic carbocycles. The van der Waals surface area contributed by atoms with Crippen molar-refractivity contribution in [1.29, 1.82) is 0 Å². The van der Waals surface area contributed by atoms with Crippen molar-refractivity contribution in [2.24, 2.45) is 0 Å². The molecule has 0 aliphatic heterocycles. The molecule has 0 aliphatic rings. The number of hydrogen-bond acceptors (Lipinski definition) is 4. The van der Waals surface area contributed by atoms with Crippen molar-refractivity contribution in [1.82, 2.24) is 24.2 Å². The third-order valence-corrected chi connectivity index (χ3v) is 2.86. The first-order valence-corrected chi connectivity index (χ1v) is 5.42. The predicted octanol–water partition coefficient (Wildman–Crippen LogP) is 1.95. The van der Waals surface area contributed by atoms with Crippen LogP contribution in [0.25, 0.3) is 22.8 Å². The van der Waals surface area contributed by atoms with Gasteiger partial charge in [0, 0.05) is 0 Å². The van der Waals surface area contributed by atoms with Gasteiger partial charge >= 0.3 is 0 Å². The molecule has 0 radical (unpaired) electrons. The molecule has 17 heavy (non-hydrogen) atoms. The van der Waals surface area contributed by atoms with E-state index in [0.717, 1.165) is 22.4 Å². The molecule has 84 valence electrons.